The molecule has 0 atom stereocenters. The van der Waals surface area contributed by atoms with E-state index in [9.17, 15) is 13.2 Å². The second kappa shape index (κ2) is 6.70. The van der Waals surface area contributed by atoms with Crippen LogP contribution in [0.5, 0.6) is 0 Å². The van der Waals surface area contributed by atoms with E-state index in [4.69, 9.17) is 0 Å². The molecule has 2 rings (SSSR count). The molecule has 15 heavy (non-hydrogen) atoms. The maximum absolute atomic E-state index is 12.0. The fourth-order valence-electron chi connectivity index (χ4n) is 0.755. The van der Waals surface area contributed by atoms with Gasteiger partial charge in [0.2, 0.25) is 0 Å². The summed E-state index contributed by atoms with van der Waals surface area (Å²) in [6, 6.07) is 6.71. The van der Waals surface area contributed by atoms with Gasteiger partial charge in [0.1, 0.15) is 0 Å². The predicted octanol–water partition coefficient (Wildman–Crippen LogP) is 3.75. The standard InChI is InChI=1S/C6H3F3.C4H5N.CH4/c7-4-2-1-3-5(8)6(4)9;1-2-4-5-3-1;/h1-3H;1-5H;1H4. The molecular formula is C11H12F3N. The minimum Gasteiger partial charge on any atom is -0.368 e. The number of aromatic nitrogens is 1. The molecule has 1 nitrogen and oxygen atoms in total. The molecule has 4 heteroatoms. The van der Waals surface area contributed by atoms with E-state index in [0.29, 0.717) is 0 Å². The molecular weight excluding hydrogens is 203 g/mol. The van der Waals surface area contributed by atoms with Gasteiger partial charge in [-0.1, -0.05) is 13.5 Å². The molecule has 2 aromatic rings. The van der Waals surface area contributed by atoms with Gasteiger partial charge in [-0.2, -0.15) is 0 Å². The van der Waals surface area contributed by atoms with Crippen molar-refractivity contribution in [2.24, 2.45) is 0 Å². The molecule has 1 aromatic heterocycles. The first-order valence-electron chi connectivity index (χ1n) is 3.89. The number of hydrogen-bond donors (Lipinski definition) is 1. The molecule has 1 heterocycles. The number of nitrogens with one attached hydrogen (secondary N) is 1. The van der Waals surface area contributed by atoms with E-state index in [0.717, 1.165) is 18.2 Å². The van der Waals surface area contributed by atoms with Gasteiger partial charge in [0.15, 0.2) is 17.5 Å². The topological polar surface area (TPSA) is 15.8 Å². The predicted molar refractivity (Wildman–Crippen MR) is 53.8 cm³/mol. The van der Waals surface area contributed by atoms with E-state index < -0.39 is 17.5 Å². The smallest absolute Gasteiger partial charge is 0.194 e. The monoisotopic (exact) mass is 215 g/mol. The van der Waals surface area contributed by atoms with E-state index in [1.807, 2.05) is 24.5 Å². The Kier molecular flexibility index (Phi) is 5.94. The third kappa shape index (κ3) is 4.35. The average Bonchev–Trinajstić information content (AvgIpc) is 2.72. The van der Waals surface area contributed by atoms with Gasteiger partial charge in [-0.3, -0.25) is 0 Å². The summed E-state index contributed by atoms with van der Waals surface area (Å²) >= 11 is 0. The highest BCUT2D eigenvalue weighted by molar-refractivity contribution is 5.07. The van der Waals surface area contributed by atoms with Crippen molar-refractivity contribution in [3.05, 3.63) is 60.2 Å². The Bertz CT molecular complexity index is 334. The van der Waals surface area contributed by atoms with Crippen LogP contribution in [0.25, 0.3) is 0 Å². The summed E-state index contributed by atoms with van der Waals surface area (Å²) in [5, 5.41) is 0. The minimum atomic E-state index is -1.42. The van der Waals surface area contributed by atoms with Crippen LogP contribution in [0.3, 0.4) is 0 Å². The van der Waals surface area contributed by atoms with Crippen LogP contribution in [0, 0.1) is 17.5 Å². The molecule has 0 bridgehead atoms. The fraction of sp³-hybridized carbons (Fsp3) is 0.0909. The molecule has 0 saturated carbocycles. The number of aromatic amines is 1. The first kappa shape index (κ1) is 13.3. The first-order valence-corrected chi connectivity index (χ1v) is 3.89. The zero-order valence-electron chi connectivity index (χ0n) is 7.18. The molecule has 0 unspecified atom stereocenters. The van der Waals surface area contributed by atoms with Crippen molar-refractivity contribution in [2.45, 2.75) is 7.43 Å². The average molecular weight is 215 g/mol. The molecule has 0 saturated heterocycles. The van der Waals surface area contributed by atoms with Gasteiger partial charge in [-0.15, -0.1) is 0 Å². The quantitative estimate of drug-likeness (QED) is 0.644. The lowest BCUT2D eigenvalue weighted by molar-refractivity contribution is 0.447. The number of rotatable bonds is 0. The van der Waals surface area contributed by atoms with E-state index in [-0.39, 0.29) is 7.43 Å². The fourth-order valence-corrected chi connectivity index (χ4v) is 0.755. The summed E-state index contributed by atoms with van der Waals surface area (Å²) in [6.07, 6.45) is 3.75. The second-order valence-corrected chi connectivity index (χ2v) is 2.42. The van der Waals surface area contributed by atoms with Crippen molar-refractivity contribution in [3.63, 3.8) is 0 Å². The van der Waals surface area contributed by atoms with Gasteiger partial charge in [-0.05, 0) is 24.3 Å². The Hall–Kier alpha value is -1.71. The van der Waals surface area contributed by atoms with Crippen molar-refractivity contribution in [2.75, 3.05) is 0 Å². The van der Waals surface area contributed by atoms with Crippen LogP contribution in [0.4, 0.5) is 13.2 Å². The zero-order chi connectivity index (χ0) is 10.4. The van der Waals surface area contributed by atoms with Crippen molar-refractivity contribution in [1.29, 1.82) is 0 Å². The summed E-state index contributed by atoms with van der Waals surface area (Å²) in [5.41, 5.74) is 0. The molecule has 1 aromatic carbocycles. The summed E-state index contributed by atoms with van der Waals surface area (Å²) in [6.45, 7) is 0. The third-order valence-electron chi connectivity index (χ3n) is 1.40. The molecule has 0 amide bonds. The molecule has 0 fully saturated rings. The second-order valence-electron chi connectivity index (χ2n) is 2.42. The molecule has 82 valence electrons. The Morgan fingerprint density at radius 2 is 1.27 bits per heavy atom. The van der Waals surface area contributed by atoms with Gasteiger partial charge in [0.25, 0.3) is 0 Å². The lowest BCUT2D eigenvalue weighted by Crippen LogP contribution is -1.86. The van der Waals surface area contributed by atoms with Gasteiger partial charge in [-0.25, -0.2) is 13.2 Å². The number of H-pyrrole nitrogens is 1. The van der Waals surface area contributed by atoms with Gasteiger partial charge in [0, 0.05) is 12.4 Å². The molecule has 0 aliphatic heterocycles. The maximum atomic E-state index is 12.0. The number of halogens is 3. The summed E-state index contributed by atoms with van der Waals surface area (Å²) in [7, 11) is 0. The summed E-state index contributed by atoms with van der Waals surface area (Å²) in [5.74, 6) is -3.73. The summed E-state index contributed by atoms with van der Waals surface area (Å²) in [4.78, 5) is 2.86. The van der Waals surface area contributed by atoms with Crippen molar-refractivity contribution in [3.8, 4) is 0 Å². The van der Waals surface area contributed by atoms with Gasteiger partial charge >= 0.3 is 0 Å². The van der Waals surface area contributed by atoms with E-state index >= 15 is 0 Å². The highest BCUT2D eigenvalue weighted by Crippen LogP contribution is 2.07. The van der Waals surface area contributed by atoms with Crippen LogP contribution >= 0.6 is 0 Å². The molecule has 0 radical (unpaired) electrons. The third-order valence-corrected chi connectivity index (χ3v) is 1.40. The van der Waals surface area contributed by atoms with Crippen LogP contribution in [0.1, 0.15) is 7.43 Å². The Balaban J connectivity index is 0.000000280. The van der Waals surface area contributed by atoms with Crippen LogP contribution < -0.4 is 0 Å². The van der Waals surface area contributed by atoms with Crippen LogP contribution in [0.2, 0.25) is 0 Å². The van der Waals surface area contributed by atoms with E-state index in [2.05, 4.69) is 4.98 Å². The largest absolute Gasteiger partial charge is 0.368 e. The highest BCUT2D eigenvalue weighted by atomic mass is 19.2. The van der Waals surface area contributed by atoms with Crippen LogP contribution in [-0.4, -0.2) is 4.98 Å². The Morgan fingerprint density at radius 3 is 1.53 bits per heavy atom. The van der Waals surface area contributed by atoms with Crippen molar-refractivity contribution < 1.29 is 13.2 Å². The molecule has 0 aliphatic carbocycles. The zero-order valence-corrected chi connectivity index (χ0v) is 7.18. The highest BCUT2D eigenvalue weighted by Gasteiger charge is 2.04. The lowest BCUT2D eigenvalue weighted by atomic mass is 10.3. The molecule has 0 aliphatic rings. The SMILES string of the molecule is C.Fc1cccc(F)c1F.c1cc[nH]c1. The van der Waals surface area contributed by atoms with Crippen LogP contribution in [0.15, 0.2) is 42.7 Å². The lowest BCUT2D eigenvalue weighted by Gasteiger charge is -1.90. The summed E-state index contributed by atoms with van der Waals surface area (Å²) < 4.78 is 35.9. The Labute approximate surface area is 86.6 Å². The van der Waals surface area contributed by atoms with E-state index in [1.54, 1.807) is 0 Å². The normalized spacial score (nSPS) is 8.47. The van der Waals surface area contributed by atoms with Gasteiger partial charge < -0.3 is 4.98 Å². The van der Waals surface area contributed by atoms with Crippen molar-refractivity contribution in [1.82, 2.24) is 4.98 Å². The Morgan fingerprint density at radius 1 is 0.800 bits per heavy atom. The van der Waals surface area contributed by atoms with E-state index in [1.165, 1.54) is 0 Å². The van der Waals surface area contributed by atoms with Crippen LogP contribution in [-0.2, 0) is 0 Å². The molecule has 1 N–H and O–H groups in total. The first-order chi connectivity index (χ1) is 6.72. The van der Waals surface area contributed by atoms with Gasteiger partial charge in [0.05, 0.1) is 0 Å². The molecule has 0 spiro atoms. The van der Waals surface area contributed by atoms with Crippen molar-refractivity contribution >= 4 is 0 Å². The number of hydrogen-bond acceptors (Lipinski definition) is 0. The maximum Gasteiger partial charge on any atom is 0.194 e. The number of benzene rings is 1. The minimum absolute atomic E-state index is 0.